The molecule has 3 heterocycles. The lowest BCUT2D eigenvalue weighted by Crippen LogP contribution is -2.52. The molecule has 2 atom stereocenters. The Balaban J connectivity index is 1.20. The molecule has 2 saturated heterocycles. The van der Waals surface area contributed by atoms with E-state index in [-0.39, 0.29) is 18.4 Å². The Labute approximate surface area is 233 Å². The van der Waals surface area contributed by atoms with Gasteiger partial charge in [-0.2, -0.15) is 0 Å². The number of nitrogens with zero attached hydrogens (tertiary/aromatic N) is 3. The Kier molecular flexibility index (Phi) is 8.28. The van der Waals surface area contributed by atoms with E-state index in [1.807, 2.05) is 36.1 Å². The molecule has 1 N–H and O–H groups in total. The normalized spacial score (nSPS) is 21.5. The van der Waals surface area contributed by atoms with Crippen LogP contribution in [0.2, 0.25) is 15.1 Å². The lowest BCUT2D eigenvalue weighted by molar-refractivity contribution is 0.0242. The number of hydrogen-bond donors (Lipinski definition) is 1. The minimum absolute atomic E-state index is 0.0202. The number of aryl methyl sites for hydroxylation is 1. The Morgan fingerprint density at radius 1 is 0.973 bits per heavy atom. The maximum atomic E-state index is 13.5. The molecule has 0 bridgehead atoms. The monoisotopic (exact) mass is 559 g/mol. The van der Waals surface area contributed by atoms with E-state index >= 15 is 0 Å². The number of pyridine rings is 1. The topological polar surface area (TPSA) is 56.7 Å². The van der Waals surface area contributed by atoms with Crippen LogP contribution in [0.15, 0.2) is 42.6 Å². The van der Waals surface area contributed by atoms with Crippen molar-refractivity contribution < 1.29 is 9.90 Å². The van der Waals surface area contributed by atoms with Crippen molar-refractivity contribution in [2.45, 2.75) is 38.6 Å². The SMILES string of the molecule is Cc1ccnc2c(C(=O)N3CCC(N4CC[C@H](Cc5ccc(Cl)c(Cl)c5)[C@H](CO)C4)CC3)ccc(Cl)c12. The third-order valence-corrected chi connectivity index (χ3v) is 9.24. The lowest BCUT2D eigenvalue weighted by atomic mass is 9.80. The number of rotatable bonds is 5. The lowest BCUT2D eigenvalue weighted by Gasteiger charge is -2.44. The van der Waals surface area contributed by atoms with Crippen molar-refractivity contribution in [2.75, 3.05) is 32.8 Å². The Bertz CT molecular complexity index is 1280. The summed E-state index contributed by atoms with van der Waals surface area (Å²) in [7, 11) is 0. The zero-order chi connectivity index (χ0) is 26.1. The molecule has 2 aliphatic heterocycles. The Hall–Kier alpha value is -1.89. The van der Waals surface area contributed by atoms with E-state index < -0.39 is 0 Å². The van der Waals surface area contributed by atoms with E-state index in [0.29, 0.717) is 51.2 Å². The van der Waals surface area contributed by atoms with Gasteiger partial charge in [0.1, 0.15) is 0 Å². The summed E-state index contributed by atoms with van der Waals surface area (Å²) in [6.45, 7) is 5.48. The van der Waals surface area contributed by atoms with Crippen LogP contribution in [-0.4, -0.2) is 64.6 Å². The number of piperidine rings is 2. The van der Waals surface area contributed by atoms with Gasteiger partial charge in [-0.15, -0.1) is 0 Å². The molecule has 2 fully saturated rings. The molecule has 1 aromatic heterocycles. The largest absolute Gasteiger partial charge is 0.396 e. The summed E-state index contributed by atoms with van der Waals surface area (Å²) in [5.41, 5.74) is 3.47. The molecule has 3 aromatic rings. The van der Waals surface area contributed by atoms with Gasteiger partial charge in [0.15, 0.2) is 0 Å². The van der Waals surface area contributed by atoms with Gasteiger partial charge < -0.3 is 10.0 Å². The number of carbonyl (C=O) groups is 1. The highest BCUT2D eigenvalue weighted by molar-refractivity contribution is 6.42. The molecule has 0 spiro atoms. The maximum Gasteiger partial charge on any atom is 0.256 e. The van der Waals surface area contributed by atoms with E-state index in [0.717, 1.165) is 55.3 Å². The number of aliphatic hydroxyl groups is 1. The zero-order valence-corrected chi connectivity index (χ0v) is 23.2. The smallest absolute Gasteiger partial charge is 0.256 e. The zero-order valence-electron chi connectivity index (χ0n) is 21.0. The molecule has 5 rings (SSSR count). The van der Waals surface area contributed by atoms with E-state index in [4.69, 9.17) is 34.8 Å². The third kappa shape index (κ3) is 5.62. The van der Waals surface area contributed by atoms with Crippen LogP contribution in [0.5, 0.6) is 0 Å². The summed E-state index contributed by atoms with van der Waals surface area (Å²) in [5, 5.41) is 12.8. The van der Waals surface area contributed by atoms with Crippen molar-refractivity contribution >= 4 is 51.6 Å². The summed E-state index contributed by atoms with van der Waals surface area (Å²) in [5.74, 6) is 0.652. The first kappa shape index (κ1) is 26.7. The number of aromatic nitrogens is 1. The summed E-state index contributed by atoms with van der Waals surface area (Å²) in [4.78, 5) is 22.4. The number of halogens is 3. The molecular weight excluding hydrogens is 529 g/mol. The second-order valence-corrected chi connectivity index (χ2v) is 11.6. The molecule has 196 valence electrons. The highest BCUT2D eigenvalue weighted by Crippen LogP contribution is 2.33. The van der Waals surface area contributed by atoms with Crippen molar-refractivity contribution in [1.29, 1.82) is 0 Å². The van der Waals surface area contributed by atoms with Crippen molar-refractivity contribution in [1.82, 2.24) is 14.8 Å². The highest BCUT2D eigenvalue weighted by Gasteiger charge is 2.34. The molecule has 8 heteroatoms. The van der Waals surface area contributed by atoms with Crippen LogP contribution >= 0.6 is 34.8 Å². The molecule has 5 nitrogen and oxygen atoms in total. The van der Waals surface area contributed by atoms with E-state index in [9.17, 15) is 9.90 Å². The summed E-state index contributed by atoms with van der Waals surface area (Å²) < 4.78 is 0. The summed E-state index contributed by atoms with van der Waals surface area (Å²) in [6.07, 6.45) is 5.52. The fourth-order valence-electron chi connectivity index (χ4n) is 6.05. The van der Waals surface area contributed by atoms with Crippen LogP contribution in [0.4, 0.5) is 0 Å². The second kappa shape index (κ2) is 11.5. The van der Waals surface area contributed by atoms with Crippen molar-refractivity contribution in [3.8, 4) is 0 Å². The average Bonchev–Trinajstić information content (AvgIpc) is 2.91. The molecule has 2 aliphatic rings. The Morgan fingerprint density at radius 3 is 2.46 bits per heavy atom. The van der Waals surface area contributed by atoms with Gasteiger partial charge in [-0.25, -0.2) is 0 Å². The van der Waals surface area contributed by atoms with Crippen LogP contribution in [0, 0.1) is 18.8 Å². The third-order valence-electron chi connectivity index (χ3n) is 8.19. The number of likely N-dealkylation sites (tertiary alicyclic amines) is 2. The fraction of sp³-hybridized carbons (Fsp3) is 0.448. The van der Waals surface area contributed by atoms with Gasteiger partial charge in [-0.05, 0) is 92.4 Å². The van der Waals surface area contributed by atoms with Gasteiger partial charge in [0.05, 0.1) is 26.1 Å². The van der Waals surface area contributed by atoms with Gasteiger partial charge >= 0.3 is 0 Å². The first-order chi connectivity index (χ1) is 17.9. The van der Waals surface area contributed by atoms with Crippen LogP contribution in [0.25, 0.3) is 10.9 Å². The molecule has 37 heavy (non-hydrogen) atoms. The number of carbonyl (C=O) groups excluding carboxylic acids is 1. The van der Waals surface area contributed by atoms with E-state index in [2.05, 4.69) is 9.88 Å². The van der Waals surface area contributed by atoms with Crippen molar-refractivity contribution in [2.24, 2.45) is 11.8 Å². The van der Waals surface area contributed by atoms with Crippen LogP contribution in [-0.2, 0) is 6.42 Å². The number of fused-ring (bicyclic) bond motifs is 1. The van der Waals surface area contributed by atoms with Gasteiger partial charge in [-0.3, -0.25) is 14.7 Å². The van der Waals surface area contributed by atoms with Crippen LogP contribution in [0.3, 0.4) is 0 Å². The first-order valence-corrected chi connectivity index (χ1v) is 14.1. The maximum absolute atomic E-state index is 13.5. The van der Waals surface area contributed by atoms with Crippen molar-refractivity contribution in [3.05, 3.63) is 74.4 Å². The molecular formula is C29H32Cl3N3O2. The Morgan fingerprint density at radius 2 is 1.73 bits per heavy atom. The number of amides is 1. The number of benzene rings is 2. The molecule has 0 aliphatic carbocycles. The van der Waals surface area contributed by atoms with Gasteiger partial charge in [-0.1, -0.05) is 40.9 Å². The van der Waals surface area contributed by atoms with Gasteiger partial charge in [0.25, 0.3) is 5.91 Å². The van der Waals surface area contributed by atoms with Gasteiger partial charge in [0.2, 0.25) is 0 Å². The average molecular weight is 561 g/mol. The minimum atomic E-state index is 0.0202. The van der Waals surface area contributed by atoms with Crippen molar-refractivity contribution in [3.63, 3.8) is 0 Å². The first-order valence-electron chi connectivity index (χ1n) is 13.0. The van der Waals surface area contributed by atoms with Crippen LogP contribution in [0.1, 0.15) is 40.7 Å². The number of aliphatic hydroxyl groups excluding tert-OH is 1. The predicted molar refractivity (Wildman–Crippen MR) is 151 cm³/mol. The molecule has 0 saturated carbocycles. The summed E-state index contributed by atoms with van der Waals surface area (Å²) in [6, 6.07) is 11.8. The standard InChI is InChI=1S/C29H32Cl3N3O2/c1-18-6-10-33-28-23(3-5-25(31)27(18)28)29(37)34-12-8-22(9-13-34)35-11-7-20(21(16-35)17-36)14-19-2-4-24(30)26(32)15-19/h2-6,10,15,20-22,36H,7-9,11-14,16-17H2,1H3/t20-,21+/m1/s1. The van der Waals surface area contributed by atoms with Crippen LogP contribution < -0.4 is 0 Å². The molecule has 2 aromatic carbocycles. The van der Waals surface area contributed by atoms with Gasteiger partial charge in [0, 0.05) is 43.9 Å². The molecule has 0 radical (unpaired) electrons. The molecule has 0 unspecified atom stereocenters. The quantitative estimate of drug-likeness (QED) is 0.399. The highest BCUT2D eigenvalue weighted by atomic mass is 35.5. The second-order valence-electron chi connectivity index (χ2n) is 10.4. The fourth-order valence-corrected chi connectivity index (χ4v) is 6.67. The summed E-state index contributed by atoms with van der Waals surface area (Å²) >= 11 is 18.7. The van der Waals surface area contributed by atoms with E-state index in [1.54, 1.807) is 18.3 Å². The minimum Gasteiger partial charge on any atom is -0.396 e. The predicted octanol–water partition coefficient (Wildman–Crippen LogP) is 6.28. The number of hydrogen-bond acceptors (Lipinski definition) is 4. The van der Waals surface area contributed by atoms with E-state index in [1.165, 1.54) is 0 Å². The molecule has 1 amide bonds.